The molecule has 2 N–H and O–H groups in total. The SMILES string of the molecule is CCC(=O)Nc1cc(C(=O)O)ccc1N1CCC[C@@H](C)C1. The number of rotatable bonds is 4. The van der Waals surface area contributed by atoms with E-state index in [0.29, 0.717) is 18.0 Å². The fourth-order valence-electron chi connectivity index (χ4n) is 2.69. The molecular weight excluding hydrogens is 268 g/mol. The number of amides is 1. The van der Waals surface area contributed by atoms with Gasteiger partial charge < -0.3 is 15.3 Å². The van der Waals surface area contributed by atoms with Crippen LogP contribution in [0.25, 0.3) is 0 Å². The smallest absolute Gasteiger partial charge is 0.335 e. The Labute approximate surface area is 125 Å². The summed E-state index contributed by atoms with van der Waals surface area (Å²) >= 11 is 0. The second kappa shape index (κ2) is 6.61. The highest BCUT2D eigenvalue weighted by molar-refractivity contribution is 5.97. The van der Waals surface area contributed by atoms with Gasteiger partial charge in [0.2, 0.25) is 5.91 Å². The highest BCUT2D eigenvalue weighted by Crippen LogP contribution is 2.31. The average molecular weight is 290 g/mol. The van der Waals surface area contributed by atoms with Crippen LogP contribution in [0.2, 0.25) is 0 Å². The molecule has 1 aliphatic rings. The quantitative estimate of drug-likeness (QED) is 0.894. The molecule has 0 radical (unpaired) electrons. The zero-order valence-corrected chi connectivity index (χ0v) is 12.6. The Kier molecular flexibility index (Phi) is 4.83. The predicted octanol–water partition coefficient (Wildman–Crippen LogP) is 2.97. The number of nitrogens with one attached hydrogen (secondary N) is 1. The maximum absolute atomic E-state index is 11.7. The van der Waals surface area contributed by atoms with Crippen molar-refractivity contribution in [3.05, 3.63) is 23.8 Å². The first-order valence-corrected chi connectivity index (χ1v) is 7.43. The van der Waals surface area contributed by atoms with Gasteiger partial charge >= 0.3 is 5.97 Å². The molecule has 21 heavy (non-hydrogen) atoms. The summed E-state index contributed by atoms with van der Waals surface area (Å²) in [6.45, 7) is 5.86. The van der Waals surface area contributed by atoms with E-state index in [-0.39, 0.29) is 11.5 Å². The van der Waals surface area contributed by atoms with E-state index in [4.69, 9.17) is 5.11 Å². The number of aromatic carboxylic acids is 1. The van der Waals surface area contributed by atoms with Crippen molar-refractivity contribution in [1.29, 1.82) is 0 Å². The molecule has 2 rings (SSSR count). The standard InChI is InChI=1S/C16H22N2O3/c1-3-15(19)17-13-9-12(16(20)21)6-7-14(13)18-8-4-5-11(2)10-18/h6-7,9,11H,3-5,8,10H2,1-2H3,(H,17,19)(H,20,21)/t11-/m1/s1. The van der Waals surface area contributed by atoms with Crippen LogP contribution in [0, 0.1) is 5.92 Å². The number of anilines is 2. The van der Waals surface area contributed by atoms with Crippen LogP contribution in [0.3, 0.4) is 0 Å². The molecule has 0 bridgehead atoms. The Hall–Kier alpha value is -2.04. The fourth-order valence-corrected chi connectivity index (χ4v) is 2.69. The van der Waals surface area contributed by atoms with Crippen molar-refractivity contribution < 1.29 is 14.7 Å². The molecule has 0 aliphatic carbocycles. The molecule has 1 atom stereocenters. The van der Waals surface area contributed by atoms with Crippen LogP contribution in [0.1, 0.15) is 43.5 Å². The first-order valence-electron chi connectivity index (χ1n) is 7.43. The third-order valence-electron chi connectivity index (χ3n) is 3.84. The van der Waals surface area contributed by atoms with E-state index in [9.17, 15) is 9.59 Å². The summed E-state index contributed by atoms with van der Waals surface area (Å²) in [6.07, 6.45) is 2.69. The first-order chi connectivity index (χ1) is 10.0. The minimum Gasteiger partial charge on any atom is -0.478 e. The third kappa shape index (κ3) is 3.74. The molecule has 114 valence electrons. The van der Waals surface area contributed by atoms with Gasteiger partial charge in [-0.25, -0.2) is 4.79 Å². The Balaban J connectivity index is 2.33. The Morgan fingerprint density at radius 3 is 2.81 bits per heavy atom. The van der Waals surface area contributed by atoms with Gasteiger partial charge in [-0.3, -0.25) is 4.79 Å². The van der Waals surface area contributed by atoms with Gasteiger partial charge in [-0.15, -0.1) is 0 Å². The number of piperidine rings is 1. The average Bonchev–Trinajstić information content (AvgIpc) is 2.47. The van der Waals surface area contributed by atoms with Gasteiger partial charge in [-0.2, -0.15) is 0 Å². The van der Waals surface area contributed by atoms with Gasteiger partial charge in [0.05, 0.1) is 16.9 Å². The monoisotopic (exact) mass is 290 g/mol. The van der Waals surface area contributed by atoms with Gasteiger partial charge in [-0.05, 0) is 37.0 Å². The predicted molar refractivity (Wildman–Crippen MR) is 82.9 cm³/mol. The number of nitrogens with zero attached hydrogens (tertiary/aromatic N) is 1. The minimum atomic E-state index is -0.986. The van der Waals surface area contributed by atoms with Crippen molar-refractivity contribution in [3.63, 3.8) is 0 Å². The molecular formula is C16H22N2O3. The van der Waals surface area contributed by atoms with Crippen molar-refractivity contribution >= 4 is 23.3 Å². The molecule has 0 unspecified atom stereocenters. The minimum absolute atomic E-state index is 0.108. The Bertz CT molecular complexity index is 542. The number of carbonyl (C=O) groups excluding carboxylic acids is 1. The van der Waals surface area contributed by atoms with Crippen LogP contribution in [0.4, 0.5) is 11.4 Å². The fraction of sp³-hybridized carbons (Fsp3) is 0.500. The molecule has 5 nitrogen and oxygen atoms in total. The van der Waals surface area contributed by atoms with E-state index < -0.39 is 5.97 Å². The summed E-state index contributed by atoms with van der Waals surface area (Å²) in [4.78, 5) is 25.0. The van der Waals surface area contributed by atoms with Gasteiger partial charge in [0.15, 0.2) is 0 Å². The Morgan fingerprint density at radius 2 is 2.19 bits per heavy atom. The summed E-state index contributed by atoms with van der Waals surface area (Å²) in [5.41, 5.74) is 1.69. The van der Waals surface area contributed by atoms with Crippen molar-refractivity contribution in [2.75, 3.05) is 23.3 Å². The topological polar surface area (TPSA) is 69.6 Å². The van der Waals surface area contributed by atoms with E-state index in [1.54, 1.807) is 25.1 Å². The molecule has 0 saturated carbocycles. The molecule has 5 heteroatoms. The van der Waals surface area contributed by atoms with Crippen LogP contribution in [0.5, 0.6) is 0 Å². The number of carbonyl (C=O) groups is 2. The van der Waals surface area contributed by atoms with E-state index >= 15 is 0 Å². The lowest BCUT2D eigenvalue weighted by Crippen LogP contribution is -2.35. The highest BCUT2D eigenvalue weighted by Gasteiger charge is 2.20. The first kappa shape index (κ1) is 15.4. The number of carboxylic acids is 1. The van der Waals surface area contributed by atoms with E-state index in [1.165, 1.54) is 6.42 Å². The largest absolute Gasteiger partial charge is 0.478 e. The Morgan fingerprint density at radius 1 is 1.43 bits per heavy atom. The van der Waals surface area contributed by atoms with Crippen molar-refractivity contribution in [3.8, 4) is 0 Å². The van der Waals surface area contributed by atoms with Crippen LogP contribution in [0.15, 0.2) is 18.2 Å². The van der Waals surface area contributed by atoms with Crippen molar-refractivity contribution in [2.45, 2.75) is 33.1 Å². The van der Waals surface area contributed by atoms with Crippen LogP contribution >= 0.6 is 0 Å². The maximum Gasteiger partial charge on any atom is 0.335 e. The molecule has 1 aromatic rings. The summed E-state index contributed by atoms with van der Waals surface area (Å²) < 4.78 is 0. The van der Waals surface area contributed by atoms with Crippen LogP contribution in [-0.2, 0) is 4.79 Å². The van der Waals surface area contributed by atoms with Crippen LogP contribution in [-0.4, -0.2) is 30.1 Å². The summed E-state index contributed by atoms with van der Waals surface area (Å²) in [6, 6.07) is 4.94. The zero-order chi connectivity index (χ0) is 15.4. The third-order valence-corrected chi connectivity index (χ3v) is 3.84. The van der Waals surface area contributed by atoms with E-state index in [1.807, 2.05) is 0 Å². The van der Waals surface area contributed by atoms with E-state index in [0.717, 1.165) is 25.2 Å². The van der Waals surface area contributed by atoms with Gasteiger partial charge in [0.1, 0.15) is 0 Å². The molecule has 0 aromatic heterocycles. The zero-order valence-electron chi connectivity index (χ0n) is 12.6. The number of hydrogen-bond acceptors (Lipinski definition) is 3. The molecule has 1 heterocycles. The molecule has 1 fully saturated rings. The number of benzene rings is 1. The van der Waals surface area contributed by atoms with Gasteiger partial charge in [0, 0.05) is 19.5 Å². The summed E-state index contributed by atoms with van der Waals surface area (Å²) in [5.74, 6) is -0.489. The lowest BCUT2D eigenvalue weighted by atomic mass is 9.99. The normalized spacial score (nSPS) is 18.4. The summed E-state index contributed by atoms with van der Waals surface area (Å²) in [5, 5.41) is 11.9. The van der Waals surface area contributed by atoms with Crippen molar-refractivity contribution in [1.82, 2.24) is 0 Å². The second-order valence-electron chi connectivity index (χ2n) is 5.63. The number of carboxylic acid groups (broad SMARTS) is 1. The lowest BCUT2D eigenvalue weighted by molar-refractivity contribution is -0.115. The van der Waals surface area contributed by atoms with Crippen molar-refractivity contribution in [2.24, 2.45) is 5.92 Å². The molecule has 1 aliphatic heterocycles. The van der Waals surface area contributed by atoms with Gasteiger partial charge in [-0.1, -0.05) is 13.8 Å². The lowest BCUT2D eigenvalue weighted by Gasteiger charge is -2.34. The molecule has 1 aromatic carbocycles. The maximum atomic E-state index is 11.7. The molecule has 1 amide bonds. The van der Waals surface area contributed by atoms with Gasteiger partial charge in [0.25, 0.3) is 0 Å². The second-order valence-corrected chi connectivity index (χ2v) is 5.63. The summed E-state index contributed by atoms with van der Waals surface area (Å²) in [7, 11) is 0. The highest BCUT2D eigenvalue weighted by atomic mass is 16.4. The molecule has 0 spiro atoms. The van der Waals surface area contributed by atoms with E-state index in [2.05, 4.69) is 17.1 Å². The van der Waals surface area contributed by atoms with Crippen LogP contribution < -0.4 is 10.2 Å². The molecule has 1 saturated heterocycles. The number of hydrogen-bond donors (Lipinski definition) is 2.